The van der Waals surface area contributed by atoms with Crippen LogP contribution in [0.15, 0.2) is 36.4 Å². The van der Waals surface area contributed by atoms with Gasteiger partial charge in [-0.3, -0.25) is 4.79 Å². The molecule has 3 rings (SSSR count). The predicted octanol–water partition coefficient (Wildman–Crippen LogP) is 4.86. The number of rotatable bonds is 5. The second-order valence-electron chi connectivity index (χ2n) is 7.26. The van der Waals surface area contributed by atoms with Crippen molar-refractivity contribution in [1.29, 1.82) is 0 Å². The van der Waals surface area contributed by atoms with Crippen molar-refractivity contribution in [2.24, 2.45) is 0 Å². The number of carbonyl (C=O) groups is 2. The van der Waals surface area contributed by atoms with Crippen LogP contribution in [0.2, 0.25) is 5.02 Å². The third kappa shape index (κ3) is 5.38. The Kier molecular flexibility index (Phi) is 6.59. The second kappa shape index (κ2) is 9.13. The monoisotopic (exact) mass is 418 g/mol. The van der Waals surface area contributed by atoms with Crippen LogP contribution >= 0.6 is 11.6 Å². The standard InChI is InChI=1S/C21H24ClFN4O2/c1-13(2)24-20(28)16-11-14(6-8-19(16)27-9-3-4-10-27)25-21(29)26-15-5-7-18(23)17(22)12-15/h5-8,11-13H,3-4,9-10H2,1-2H3,(H,24,28)(H2,25,26,29). The van der Waals surface area contributed by atoms with Crippen LogP contribution in [0.25, 0.3) is 0 Å². The molecule has 0 spiro atoms. The van der Waals surface area contributed by atoms with Crippen molar-refractivity contribution in [3.05, 3.63) is 52.8 Å². The Labute approximate surface area is 174 Å². The lowest BCUT2D eigenvalue weighted by Crippen LogP contribution is -2.32. The van der Waals surface area contributed by atoms with Gasteiger partial charge in [0, 0.05) is 36.2 Å². The molecule has 0 unspecified atom stereocenters. The van der Waals surface area contributed by atoms with Crippen LogP contribution in [0.5, 0.6) is 0 Å². The van der Waals surface area contributed by atoms with Gasteiger partial charge in [0.15, 0.2) is 0 Å². The average molecular weight is 419 g/mol. The number of nitrogens with zero attached hydrogens (tertiary/aromatic N) is 1. The van der Waals surface area contributed by atoms with Crippen molar-refractivity contribution < 1.29 is 14.0 Å². The number of carbonyl (C=O) groups excluding carboxylic acids is 2. The summed E-state index contributed by atoms with van der Waals surface area (Å²) in [6.07, 6.45) is 2.18. The van der Waals surface area contributed by atoms with Crippen molar-refractivity contribution >= 4 is 40.6 Å². The van der Waals surface area contributed by atoms with Crippen molar-refractivity contribution in [2.75, 3.05) is 28.6 Å². The molecule has 3 amide bonds. The number of urea groups is 1. The second-order valence-corrected chi connectivity index (χ2v) is 7.67. The molecule has 3 N–H and O–H groups in total. The van der Waals surface area contributed by atoms with E-state index in [-0.39, 0.29) is 17.0 Å². The maximum atomic E-state index is 13.3. The zero-order valence-electron chi connectivity index (χ0n) is 16.4. The van der Waals surface area contributed by atoms with Crippen molar-refractivity contribution in [1.82, 2.24) is 5.32 Å². The lowest BCUT2D eigenvalue weighted by atomic mass is 10.1. The molecule has 1 aliphatic heterocycles. The summed E-state index contributed by atoms with van der Waals surface area (Å²) < 4.78 is 13.3. The van der Waals surface area contributed by atoms with Gasteiger partial charge in [0.05, 0.1) is 10.6 Å². The molecule has 29 heavy (non-hydrogen) atoms. The maximum Gasteiger partial charge on any atom is 0.323 e. The molecular formula is C21H24ClFN4O2. The quantitative estimate of drug-likeness (QED) is 0.649. The number of benzene rings is 2. The highest BCUT2D eigenvalue weighted by Crippen LogP contribution is 2.28. The van der Waals surface area contributed by atoms with E-state index in [9.17, 15) is 14.0 Å². The Morgan fingerprint density at radius 1 is 1.03 bits per heavy atom. The lowest BCUT2D eigenvalue weighted by Gasteiger charge is -2.22. The van der Waals surface area contributed by atoms with E-state index < -0.39 is 11.8 Å². The van der Waals surface area contributed by atoms with Crippen LogP contribution in [-0.2, 0) is 0 Å². The molecule has 1 fully saturated rings. The third-order valence-corrected chi connectivity index (χ3v) is 4.83. The van der Waals surface area contributed by atoms with Gasteiger partial charge in [0.2, 0.25) is 0 Å². The number of hydrogen-bond acceptors (Lipinski definition) is 3. The van der Waals surface area contributed by atoms with Gasteiger partial charge in [-0.25, -0.2) is 9.18 Å². The molecular weight excluding hydrogens is 395 g/mol. The Morgan fingerprint density at radius 2 is 1.66 bits per heavy atom. The number of amides is 3. The smallest absolute Gasteiger partial charge is 0.323 e. The number of anilines is 3. The Balaban J connectivity index is 1.78. The first kappa shape index (κ1) is 20.9. The van der Waals surface area contributed by atoms with E-state index in [0.29, 0.717) is 16.9 Å². The van der Waals surface area contributed by atoms with Gasteiger partial charge >= 0.3 is 6.03 Å². The van der Waals surface area contributed by atoms with Gasteiger partial charge in [-0.2, -0.15) is 0 Å². The van der Waals surface area contributed by atoms with E-state index >= 15 is 0 Å². The van der Waals surface area contributed by atoms with E-state index in [1.807, 2.05) is 19.9 Å². The molecule has 8 heteroatoms. The van der Waals surface area contributed by atoms with Crippen LogP contribution in [0.1, 0.15) is 37.0 Å². The largest absolute Gasteiger partial charge is 0.371 e. The molecule has 0 bridgehead atoms. The van der Waals surface area contributed by atoms with Crippen LogP contribution in [-0.4, -0.2) is 31.1 Å². The molecule has 0 saturated carbocycles. The van der Waals surface area contributed by atoms with Crippen LogP contribution in [0, 0.1) is 5.82 Å². The van der Waals surface area contributed by atoms with Crippen LogP contribution < -0.4 is 20.9 Å². The van der Waals surface area contributed by atoms with E-state index in [4.69, 9.17) is 11.6 Å². The number of nitrogens with one attached hydrogen (secondary N) is 3. The van der Waals surface area contributed by atoms with Crippen LogP contribution in [0.4, 0.5) is 26.2 Å². The Bertz CT molecular complexity index is 914. The zero-order valence-corrected chi connectivity index (χ0v) is 17.1. The van der Waals surface area contributed by atoms with Gasteiger partial charge in [-0.05, 0) is 63.1 Å². The molecule has 6 nitrogen and oxygen atoms in total. The van der Waals surface area contributed by atoms with E-state index in [1.165, 1.54) is 18.2 Å². The number of hydrogen-bond donors (Lipinski definition) is 3. The summed E-state index contributed by atoms with van der Waals surface area (Å²) in [5, 5.41) is 8.13. The summed E-state index contributed by atoms with van der Waals surface area (Å²) in [7, 11) is 0. The highest BCUT2D eigenvalue weighted by molar-refractivity contribution is 6.31. The Morgan fingerprint density at radius 3 is 2.28 bits per heavy atom. The Hall–Kier alpha value is -2.80. The minimum absolute atomic E-state index is 0.00272. The normalized spacial score (nSPS) is 13.5. The topological polar surface area (TPSA) is 73.5 Å². The summed E-state index contributed by atoms with van der Waals surface area (Å²) in [4.78, 5) is 27.2. The fourth-order valence-electron chi connectivity index (χ4n) is 3.24. The minimum Gasteiger partial charge on any atom is -0.371 e. The van der Waals surface area contributed by atoms with E-state index in [2.05, 4.69) is 20.9 Å². The lowest BCUT2D eigenvalue weighted by molar-refractivity contribution is 0.0943. The maximum absolute atomic E-state index is 13.3. The van der Waals surface area contributed by atoms with Gasteiger partial charge in [-0.1, -0.05) is 11.6 Å². The van der Waals surface area contributed by atoms with Gasteiger partial charge < -0.3 is 20.9 Å². The van der Waals surface area contributed by atoms with Gasteiger partial charge in [-0.15, -0.1) is 0 Å². The van der Waals surface area contributed by atoms with E-state index in [1.54, 1.807) is 12.1 Å². The fraction of sp³-hybridized carbons (Fsp3) is 0.333. The van der Waals surface area contributed by atoms with E-state index in [0.717, 1.165) is 31.6 Å². The van der Waals surface area contributed by atoms with Crippen LogP contribution in [0.3, 0.4) is 0 Å². The molecule has 2 aromatic rings. The molecule has 0 radical (unpaired) electrons. The number of halogens is 2. The average Bonchev–Trinajstić information content (AvgIpc) is 3.18. The molecule has 1 heterocycles. The van der Waals surface area contributed by atoms with Crippen molar-refractivity contribution in [2.45, 2.75) is 32.7 Å². The first-order valence-corrected chi connectivity index (χ1v) is 9.94. The fourth-order valence-corrected chi connectivity index (χ4v) is 3.42. The first-order valence-electron chi connectivity index (χ1n) is 9.56. The molecule has 0 aliphatic carbocycles. The zero-order chi connectivity index (χ0) is 21.0. The summed E-state index contributed by atoms with van der Waals surface area (Å²) in [5.74, 6) is -0.743. The van der Waals surface area contributed by atoms with Crippen molar-refractivity contribution in [3.8, 4) is 0 Å². The molecule has 2 aromatic carbocycles. The first-order chi connectivity index (χ1) is 13.8. The summed E-state index contributed by atoms with van der Waals surface area (Å²) >= 11 is 5.74. The van der Waals surface area contributed by atoms with Gasteiger partial charge in [0.25, 0.3) is 5.91 Å². The molecule has 0 aromatic heterocycles. The van der Waals surface area contributed by atoms with Crippen molar-refractivity contribution in [3.63, 3.8) is 0 Å². The molecule has 0 atom stereocenters. The molecule has 1 aliphatic rings. The highest BCUT2D eigenvalue weighted by Gasteiger charge is 2.21. The summed E-state index contributed by atoms with van der Waals surface area (Å²) in [6.45, 7) is 5.61. The van der Waals surface area contributed by atoms with Gasteiger partial charge in [0.1, 0.15) is 5.82 Å². The molecule has 1 saturated heterocycles. The predicted molar refractivity (Wildman–Crippen MR) is 115 cm³/mol. The highest BCUT2D eigenvalue weighted by atomic mass is 35.5. The summed E-state index contributed by atoms with van der Waals surface area (Å²) in [6, 6.07) is 8.68. The summed E-state index contributed by atoms with van der Waals surface area (Å²) in [5.41, 5.74) is 2.22. The SMILES string of the molecule is CC(C)NC(=O)c1cc(NC(=O)Nc2ccc(F)c(Cl)c2)ccc1N1CCCC1. The third-order valence-electron chi connectivity index (χ3n) is 4.54. The molecule has 154 valence electrons. The minimum atomic E-state index is -0.559.